The third kappa shape index (κ3) is 4.41. The van der Waals surface area contributed by atoms with Crippen molar-refractivity contribution in [2.24, 2.45) is 0 Å². The minimum absolute atomic E-state index is 0.0217. The molecule has 1 aromatic carbocycles. The fraction of sp³-hybridized carbons (Fsp3) is 0.632. The maximum atomic E-state index is 12.3. The third-order valence-electron chi connectivity index (χ3n) is 5.20. The molecule has 3 rings (SSSR count). The van der Waals surface area contributed by atoms with Crippen molar-refractivity contribution in [3.63, 3.8) is 0 Å². The molecule has 2 amide bonds. The van der Waals surface area contributed by atoms with E-state index in [0.29, 0.717) is 0 Å². The molecule has 0 radical (unpaired) electrons. The SMILES string of the molecule is C[C@H](Cc1ccc(O)cc1)NC(=O)N[C@H]1CCOC2(CCCC2)C1. The molecule has 2 atom stereocenters. The Hall–Kier alpha value is -1.75. The molecule has 5 nitrogen and oxygen atoms in total. The van der Waals surface area contributed by atoms with Gasteiger partial charge in [-0.2, -0.15) is 0 Å². The molecule has 132 valence electrons. The Morgan fingerprint density at radius 3 is 2.75 bits per heavy atom. The van der Waals surface area contributed by atoms with E-state index in [4.69, 9.17) is 4.74 Å². The van der Waals surface area contributed by atoms with Crippen molar-refractivity contribution >= 4 is 6.03 Å². The lowest BCUT2D eigenvalue weighted by Crippen LogP contribution is -2.51. The first-order chi connectivity index (χ1) is 11.5. The van der Waals surface area contributed by atoms with Gasteiger partial charge in [0.25, 0.3) is 0 Å². The number of ether oxygens (including phenoxy) is 1. The zero-order valence-corrected chi connectivity index (χ0v) is 14.4. The highest BCUT2D eigenvalue weighted by molar-refractivity contribution is 5.74. The number of carbonyl (C=O) groups is 1. The van der Waals surface area contributed by atoms with Crippen LogP contribution in [0.3, 0.4) is 0 Å². The number of phenols is 1. The Labute approximate surface area is 143 Å². The van der Waals surface area contributed by atoms with E-state index in [1.807, 2.05) is 19.1 Å². The number of amides is 2. The summed E-state index contributed by atoms with van der Waals surface area (Å²) in [5.74, 6) is 0.262. The summed E-state index contributed by atoms with van der Waals surface area (Å²) in [6, 6.07) is 7.26. The first kappa shape index (κ1) is 17.1. The van der Waals surface area contributed by atoms with Gasteiger partial charge in [-0.1, -0.05) is 25.0 Å². The second kappa shape index (κ2) is 7.43. The maximum absolute atomic E-state index is 12.3. The highest BCUT2D eigenvalue weighted by Gasteiger charge is 2.40. The van der Waals surface area contributed by atoms with E-state index in [2.05, 4.69) is 10.6 Å². The monoisotopic (exact) mass is 332 g/mol. The topological polar surface area (TPSA) is 70.6 Å². The molecular formula is C19H28N2O3. The summed E-state index contributed by atoms with van der Waals surface area (Å²) in [6.45, 7) is 2.74. The number of carbonyl (C=O) groups excluding carboxylic acids is 1. The second-order valence-electron chi connectivity index (χ2n) is 7.32. The van der Waals surface area contributed by atoms with Crippen LogP contribution < -0.4 is 10.6 Å². The van der Waals surface area contributed by atoms with Gasteiger partial charge in [-0.25, -0.2) is 4.79 Å². The standard InChI is InChI=1S/C19H28N2O3/c1-14(12-15-4-6-17(22)7-5-15)20-18(23)21-16-8-11-24-19(13-16)9-2-3-10-19/h4-7,14,16,22H,2-3,8-13H2,1H3,(H2,20,21,23)/t14-,16+/m1/s1. The van der Waals surface area contributed by atoms with E-state index in [0.717, 1.165) is 44.3 Å². The van der Waals surface area contributed by atoms with Crippen molar-refractivity contribution in [3.8, 4) is 5.75 Å². The third-order valence-corrected chi connectivity index (χ3v) is 5.20. The van der Waals surface area contributed by atoms with E-state index in [9.17, 15) is 9.90 Å². The number of benzene rings is 1. The van der Waals surface area contributed by atoms with Crippen LogP contribution in [-0.2, 0) is 11.2 Å². The normalized spacial score (nSPS) is 23.8. The van der Waals surface area contributed by atoms with E-state index in [1.165, 1.54) is 12.8 Å². The summed E-state index contributed by atoms with van der Waals surface area (Å²) in [5.41, 5.74) is 1.12. The number of hydrogen-bond acceptors (Lipinski definition) is 3. The minimum atomic E-state index is -0.0960. The fourth-order valence-corrected chi connectivity index (χ4v) is 4.01. The molecule has 1 aromatic rings. The van der Waals surface area contributed by atoms with E-state index >= 15 is 0 Å². The molecule has 1 saturated carbocycles. The molecule has 0 unspecified atom stereocenters. The van der Waals surface area contributed by atoms with Gasteiger partial charge in [0.2, 0.25) is 0 Å². The molecule has 2 aliphatic rings. The molecule has 1 saturated heterocycles. The lowest BCUT2D eigenvalue weighted by molar-refractivity contribution is -0.0820. The van der Waals surface area contributed by atoms with Gasteiger partial charge in [-0.15, -0.1) is 0 Å². The van der Waals surface area contributed by atoms with E-state index in [-0.39, 0.29) is 29.5 Å². The molecule has 5 heteroatoms. The summed E-state index contributed by atoms with van der Waals surface area (Å²) in [6.07, 6.45) is 7.30. The van der Waals surface area contributed by atoms with Gasteiger partial charge in [-0.05, 0) is 56.7 Å². The lowest BCUT2D eigenvalue weighted by Gasteiger charge is -2.38. The van der Waals surface area contributed by atoms with Crippen molar-refractivity contribution in [2.75, 3.05) is 6.61 Å². The predicted octanol–water partition coefficient (Wildman–Crippen LogP) is 3.11. The van der Waals surface area contributed by atoms with Crippen LogP contribution in [0.15, 0.2) is 24.3 Å². The smallest absolute Gasteiger partial charge is 0.315 e. The van der Waals surface area contributed by atoms with E-state index in [1.54, 1.807) is 12.1 Å². The Balaban J connectivity index is 1.45. The van der Waals surface area contributed by atoms with Crippen molar-refractivity contribution in [1.29, 1.82) is 0 Å². The highest BCUT2D eigenvalue weighted by atomic mass is 16.5. The average Bonchev–Trinajstić information content (AvgIpc) is 2.97. The average molecular weight is 332 g/mol. The Morgan fingerprint density at radius 2 is 2.04 bits per heavy atom. The minimum Gasteiger partial charge on any atom is -0.508 e. The molecule has 24 heavy (non-hydrogen) atoms. The number of hydrogen-bond donors (Lipinski definition) is 3. The number of urea groups is 1. The van der Waals surface area contributed by atoms with Gasteiger partial charge in [0.05, 0.1) is 5.60 Å². The molecule has 1 spiro atoms. The van der Waals surface area contributed by atoms with Crippen molar-refractivity contribution in [1.82, 2.24) is 10.6 Å². The molecule has 1 aliphatic carbocycles. The lowest BCUT2D eigenvalue weighted by atomic mass is 9.89. The fourth-order valence-electron chi connectivity index (χ4n) is 4.01. The van der Waals surface area contributed by atoms with Gasteiger partial charge in [-0.3, -0.25) is 0 Å². The molecule has 0 aromatic heterocycles. The number of rotatable bonds is 4. The van der Waals surface area contributed by atoms with Gasteiger partial charge >= 0.3 is 6.03 Å². The number of aromatic hydroxyl groups is 1. The summed E-state index contributed by atoms with van der Waals surface area (Å²) in [4.78, 5) is 12.3. The summed E-state index contributed by atoms with van der Waals surface area (Å²) in [5, 5.41) is 15.5. The molecule has 1 aliphatic heterocycles. The molecule has 2 fully saturated rings. The summed E-state index contributed by atoms with van der Waals surface area (Å²) >= 11 is 0. The Kier molecular flexibility index (Phi) is 5.29. The van der Waals surface area contributed by atoms with Crippen LogP contribution in [0.1, 0.15) is 51.0 Å². The van der Waals surface area contributed by atoms with Crippen LogP contribution in [0.5, 0.6) is 5.75 Å². The predicted molar refractivity (Wildman–Crippen MR) is 93.1 cm³/mol. The van der Waals surface area contributed by atoms with Gasteiger partial charge < -0.3 is 20.5 Å². The van der Waals surface area contributed by atoms with Crippen LogP contribution in [0.2, 0.25) is 0 Å². The first-order valence-corrected chi connectivity index (χ1v) is 9.04. The van der Waals surface area contributed by atoms with Crippen LogP contribution in [0, 0.1) is 0 Å². The molecular weight excluding hydrogens is 304 g/mol. The number of phenolic OH excluding ortho intramolecular Hbond substituents is 1. The Morgan fingerprint density at radius 1 is 1.33 bits per heavy atom. The van der Waals surface area contributed by atoms with Crippen LogP contribution in [-0.4, -0.2) is 35.4 Å². The number of nitrogens with one attached hydrogen (secondary N) is 2. The highest BCUT2D eigenvalue weighted by Crippen LogP contribution is 2.39. The molecule has 3 N–H and O–H groups in total. The van der Waals surface area contributed by atoms with Crippen molar-refractivity contribution in [3.05, 3.63) is 29.8 Å². The van der Waals surface area contributed by atoms with Gasteiger partial charge in [0.1, 0.15) is 5.75 Å². The molecule has 1 heterocycles. The quantitative estimate of drug-likeness (QED) is 0.793. The Bertz CT molecular complexity index is 552. The first-order valence-electron chi connectivity index (χ1n) is 9.04. The van der Waals surface area contributed by atoms with Crippen molar-refractivity contribution < 1.29 is 14.6 Å². The summed E-state index contributed by atoms with van der Waals surface area (Å²) < 4.78 is 6.02. The van der Waals surface area contributed by atoms with Gasteiger partial charge in [0, 0.05) is 18.7 Å². The van der Waals surface area contributed by atoms with Crippen molar-refractivity contribution in [2.45, 2.75) is 69.6 Å². The van der Waals surface area contributed by atoms with Crippen LogP contribution in [0.4, 0.5) is 4.79 Å². The second-order valence-corrected chi connectivity index (χ2v) is 7.32. The van der Waals surface area contributed by atoms with Crippen LogP contribution in [0.25, 0.3) is 0 Å². The zero-order valence-electron chi connectivity index (χ0n) is 14.4. The maximum Gasteiger partial charge on any atom is 0.315 e. The van der Waals surface area contributed by atoms with E-state index < -0.39 is 0 Å². The largest absolute Gasteiger partial charge is 0.508 e. The zero-order chi connectivity index (χ0) is 17.0. The van der Waals surface area contributed by atoms with Gasteiger partial charge in [0.15, 0.2) is 0 Å². The summed E-state index contributed by atoms with van der Waals surface area (Å²) in [7, 11) is 0. The van der Waals surface area contributed by atoms with Crippen LogP contribution >= 0.6 is 0 Å². The molecule has 0 bridgehead atoms.